The van der Waals surface area contributed by atoms with Crippen LogP contribution in [0.5, 0.6) is 0 Å². The monoisotopic (exact) mass is 291 g/mol. The van der Waals surface area contributed by atoms with Crippen LogP contribution >= 0.6 is 0 Å². The second-order valence-corrected chi connectivity index (χ2v) is 0.671. The topological polar surface area (TPSA) is 289 Å². The quantitative estimate of drug-likeness (QED) is 0.265. The minimum absolute atomic E-state index is 0. The molecule has 0 aromatic heterocycles. The molecule has 0 aromatic carbocycles. The molecule has 0 fully saturated rings. The first kappa shape index (κ1) is 57.8. The summed E-state index contributed by atoms with van der Waals surface area (Å²) in [5.41, 5.74) is 0. The van der Waals surface area contributed by atoms with E-state index in [1.807, 2.05) is 0 Å². The molecule has 0 unspecified atom stereocenters. The molecule has 0 rings (SSSR count). The molecule has 0 bridgehead atoms. The Morgan fingerprint density at radius 3 is 0.471 bits per heavy atom. The number of nitrogens with zero attached hydrogens (tertiary/aromatic N) is 3. The van der Waals surface area contributed by atoms with E-state index in [0.717, 1.165) is 0 Å². The van der Waals surface area contributed by atoms with E-state index in [1.165, 1.54) is 0 Å². The Hall–Kier alpha value is -1.46. The summed E-state index contributed by atoms with van der Waals surface area (Å²) in [6.45, 7) is 0. The third-order valence-electron chi connectivity index (χ3n) is 0. The molecule has 3 N–H and O–H groups in total. The van der Waals surface area contributed by atoms with Gasteiger partial charge in [0.15, 0.2) is 0 Å². The Bertz CT molecular complexity index is 117. The van der Waals surface area contributed by atoms with Crippen molar-refractivity contribution < 1.29 is 31.7 Å². The maximum absolute atomic E-state index is 8.25. The van der Waals surface area contributed by atoms with Crippen LogP contribution in [0, 0.1) is 46.0 Å². The Balaban J connectivity index is -0.0000000104. The Kier molecular flexibility index (Phi) is 159. The Morgan fingerprint density at radius 2 is 0.471 bits per heavy atom. The molecule has 0 aromatic rings. The first-order chi connectivity index (χ1) is 5.20. The molecule has 0 spiro atoms. The zero-order valence-corrected chi connectivity index (χ0v) is 9.82. The van der Waals surface area contributed by atoms with Crippen LogP contribution < -0.4 is 0 Å². The van der Waals surface area contributed by atoms with Crippen LogP contribution in [0.4, 0.5) is 0 Å². The molecule has 0 saturated heterocycles. The van der Waals surface area contributed by atoms with Crippen LogP contribution in [0.1, 0.15) is 0 Å². The molecule has 0 atom stereocenters. The summed E-state index contributed by atoms with van der Waals surface area (Å²) in [7, 11) is 0. The van der Waals surface area contributed by atoms with Gasteiger partial charge in [-0.05, 0) is 0 Å². The largest absolute Gasteiger partial charge is 3.00 e. The molecule has 15 nitrogen and oxygen atoms in total. The second-order valence-electron chi connectivity index (χ2n) is 0.671. The number of hydrogen-bond donors (Lipinski definition) is 0. The fourth-order valence-corrected chi connectivity index (χ4v) is 0. The summed E-state index contributed by atoms with van der Waals surface area (Å²) < 4.78 is 0. The van der Waals surface area contributed by atoms with Crippen LogP contribution in [0.15, 0.2) is 0 Å². The number of hydrogen-bond acceptors (Lipinski definition) is 12. The van der Waals surface area contributed by atoms with E-state index >= 15 is 0 Å². The first-order valence-corrected chi connectivity index (χ1v) is 1.64. The van der Waals surface area contributed by atoms with Crippen LogP contribution in [-0.4, -0.2) is 66.4 Å². The normalized spacial score (nSPS) is 4.24. The molecule has 0 radical (unpaired) electrons. The number of rotatable bonds is 0. The van der Waals surface area contributed by atoms with Gasteiger partial charge in [-0.1, -0.05) is 0 Å². The van der Waals surface area contributed by atoms with Crippen molar-refractivity contribution >= 4 is 34.7 Å². The molecule has 0 amide bonds. The van der Waals surface area contributed by atoms with Gasteiger partial charge in [0, 0.05) is 0 Å². The molecule has 17 heteroatoms. The molecule has 0 aliphatic carbocycles. The van der Waals surface area contributed by atoms with Crippen molar-refractivity contribution in [2.24, 2.45) is 0 Å². The molecule has 96 valence electrons. The molecular formula is H3Al2N3O12. The van der Waals surface area contributed by atoms with Crippen molar-refractivity contribution in [2.75, 3.05) is 0 Å². The predicted octanol–water partition coefficient (Wildman–Crippen LogP) is -2.01. The smallest absolute Gasteiger partial charge is 0.870 e. The fraction of sp³-hybridized carbons (Fsp3) is 0. The molecule has 0 saturated carbocycles. The Morgan fingerprint density at radius 1 is 0.471 bits per heavy atom. The fourth-order valence-electron chi connectivity index (χ4n) is 0. The molecule has 0 aliphatic rings. The maximum Gasteiger partial charge on any atom is 3.00 e. The van der Waals surface area contributed by atoms with Crippen molar-refractivity contribution in [3.05, 3.63) is 46.0 Å². The van der Waals surface area contributed by atoms with Crippen LogP contribution in [0.3, 0.4) is 0 Å². The Labute approximate surface area is 113 Å². The summed E-state index contributed by atoms with van der Waals surface area (Å²) in [6.07, 6.45) is 0. The van der Waals surface area contributed by atoms with E-state index in [9.17, 15) is 0 Å². The summed E-state index contributed by atoms with van der Waals surface area (Å²) >= 11 is 0. The van der Waals surface area contributed by atoms with Crippen molar-refractivity contribution in [3.63, 3.8) is 0 Å². The van der Waals surface area contributed by atoms with Crippen molar-refractivity contribution in [1.29, 1.82) is 0 Å². The van der Waals surface area contributed by atoms with Crippen molar-refractivity contribution in [3.8, 4) is 0 Å². The van der Waals surface area contributed by atoms with E-state index < -0.39 is 15.3 Å². The third-order valence-corrected chi connectivity index (χ3v) is 0. The molecule has 0 aliphatic heterocycles. The van der Waals surface area contributed by atoms with Crippen LogP contribution in [0.2, 0.25) is 0 Å². The van der Waals surface area contributed by atoms with Gasteiger partial charge in [0.1, 0.15) is 0 Å². The van der Waals surface area contributed by atoms with Crippen molar-refractivity contribution in [2.45, 2.75) is 0 Å². The molecular weight excluding hydrogens is 288 g/mol. The van der Waals surface area contributed by atoms with Gasteiger partial charge >= 0.3 is 34.7 Å². The van der Waals surface area contributed by atoms with Gasteiger partial charge in [-0.3, -0.25) is 0 Å². The minimum Gasteiger partial charge on any atom is -0.870 e. The standard InChI is InChI=1S/2Al.3NO3.3H2O/c;;3*2-1(3)4;;;/h;;;;;3*1H2/q2*+3;3*-1;;;/p-3. The SMILES string of the molecule is O=[N+]([O-])[O-].O=[N+]([O-])[O-].O=[N+]([O-])[O-].[Al+3].[Al+3].[OH-].[OH-].[OH-]. The maximum atomic E-state index is 8.25. The zero-order valence-electron chi connectivity index (χ0n) is 7.51. The third kappa shape index (κ3) is 1080. The van der Waals surface area contributed by atoms with Gasteiger partial charge in [0.05, 0.1) is 15.3 Å². The average molecular weight is 291 g/mol. The van der Waals surface area contributed by atoms with E-state index in [-0.39, 0.29) is 51.2 Å². The summed E-state index contributed by atoms with van der Waals surface area (Å²) in [6, 6.07) is 0. The second kappa shape index (κ2) is 46.9. The van der Waals surface area contributed by atoms with Gasteiger partial charge in [0.2, 0.25) is 0 Å². The van der Waals surface area contributed by atoms with Gasteiger partial charge in [0.25, 0.3) is 0 Å². The first-order valence-electron chi connectivity index (χ1n) is 1.64. The van der Waals surface area contributed by atoms with E-state index in [2.05, 4.69) is 0 Å². The summed E-state index contributed by atoms with van der Waals surface area (Å²) in [4.78, 5) is 24.8. The minimum atomic E-state index is -1.75. The van der Waals surface area contributed by atoms with Crippen molar-refractivity contribution in [1.82, 2.24) is 0 Å². The van der Waals surface area contributed by atoms with Gasteiger partial charge < -0.3 is 62.4 Å². The zero-order chi connectivity index (χ0) is 10.7. The van der Waals surface area contributed by atoms with E-state index in [4.69, 9.17) is 46.0 Å². The van der Waals surface area contributed by atoms with Crippen LogP contribution in [0.25, 0.3) is 0 Å². The van der Waals surface area contributed by atoms with E-state index in [1.54, 1.807) is 0 Å². The van der Waals surface area contributed by atoms with Gasteiger partial charge in [-0.25, -0.2) is 0 Å². The van der Waals surface area contributed by atoms with Gasteiger partial charge in [-0.2, -0.15) is 0 Å². The predicted molar refractivity (Wildman–Crippen MR) is 48.4 cm³/mol. The summed E-state index contributed by atoms with van der Waals surface area (Å²) in [5.74, 6) is 0. The molecule has 0 heterocycles. The van der Waals surface area contributed by atoms with Crippen LogP contribution in [-0.2, 0) is 0 Å². The average Bonchev–Trinajstić information content (AvgIpc) is 1.54. The van der Waals surface area contributed by atoms with E-state index in [0.29, 0.717) is 0 Å². The molecule has 17 heavy (non-hydrogen) atoms. The summed E-state index contributed by atoms with van der Waals surface area (Å²) in [5, 5.41) is 44.2. The van der Waals surface area contributed by atoms with Gasteiger partial charge in [-0.15, -0.1) is 0 Å².